The average Bonchev–Trinajstić information content (AvgIpc) is 3.08. The topological polar surface area (TPSA) is 115 Å². The summed E-state index contributed by atoms with van der Waals surface area (Å²) in [5.41, 5.74) is 1.74. The highest BCUT2D eigenvalue weighted by Gasteiger charge is 2.49. The molecule has 1 atom stereocenters. The molecule has 0 spiro atoms. The molecule has 1 heterocycles. The van der Waals surface area contributed by atoms with Crippen LogP contribution in [0.4, 0.5) is 0 Å². The second-order valence-electron chi connectivity index (χ2n) is 10.5. The van der Waals surface area contributed by atoms with Gasteiger partial charge in [0.2, 0.25) is 26.0 Å². The van der Waals surface area contributed by atoms with Crippen molar-refractivity contribution in [1.29, 1.82) is 0 Å². The fourth-order valence-corrected chi connectivity index (χ4v) is 9.45. The number of nitrogens with two attached hydrogens (primary N) is 1. The van der Waals surface area contributed by atoms with Crippen LogP contribution < -0.4 is 5.14 Å². The highest BCUT2D eigenvalue weighted by atomic mass is 32.2. The zero-order valence-electron chi connectivity index (χ0n) is 21.1. The fraction of sp³-hybridized carbons (Fsp3) is 0.370. The van der Waals surface area contributed by atoms with E-state index in [1.54, 1.807) is 45.1 Å². The molecule has 0 saturated carbocycles. The van der Waals surface area contributed by atoms with Crippen molar-refractivity contribution in [1.82, 2.24) is 4.31 Å². The normalized spacial score (nSPS) is 25.5. The van der Waals surface area contributed by atoms with Crippen LogP contribution in [0.2, 0.25) is 0 Å². The number of benzene rings is 2. The molecule has 1 aliphatic carbocycles. The van der Waals surface area contributed by atoms with Crippen LogP contribution >= 0.6 is 11.8 Å². The van der Waals surface area contributed by atoms with E-state index in [1.165, 1.54) is 11.8 Å². The maximum absolute atomic E-state index is 13.0. The van der Waals surface area contributed by atoms with Gasteiger partial charge in [0.1, 0.15) is 10.00 Å². The largest absolute Gasteiger partial charge is 0.274 e. The third-order valence-corrected chi connectivity index (χ3v) is 11.9. The van der Waals surface area contributed by atoms with E-state index in [1.807, 2.05) is 54.6 Å². The van der Waals surface area contributed by atoms with Gasteiger partial charge < -0.3 is 0 Å². The fourth-order valence-electron chi connectivity index (χ4n) is 4.74. The Morgan fingerprint density at radius 2 is 1.59 bits per heavy atom. The SMILES string of the molecule is CC(C)(C)N1C(=O)CC(c2ccc(CSCC3(S(N)(=O)=O)C=CC(c4ccccc4)C=C3)cc2)S1(=O)=O. The molecule has 1 amide bonds. The number of hydrogen-bond acceptors (Lipinski definition) is 6. The Labute approximate surface area is 223 Å². The van der Waals surface area contributed by atoms with Crippen molar-refractivity contribution >= 4 is 37.7 Å². The van der Waals surface area contributed by atoms with Crippen molar-refractivity contribution in [3.05, 3.63) is 95.6 Å². The first kappa shape index (κ1) is 27.6. The summed E-state index contributed by atoms with van der Waals surface area (Å²) < 4.78 is 50.9. The third-order valence-electron chi connectivity index (χ3n) is 6.64. The Balaban J connectivity index is 1.43. The molecule has 1 aliphatic heterocycles. The number of rotatable bonds is 7. The average molecular weight is 561 g/mol. The number of sulfonamides is 2. The van der Waals surface area contributed by atoms with Crippen LogP contribution in [0.1, 0.15) is 55.1 Å². The van der Waals surface area contributed by atoms with Gasteiger partial charge in [-0.05, 0) is 37.5 Å². The van der Waals surface area contributed by atoms with E-state index in [2.05, 4.69) is 0 Å². The Morgan fingerprint density at radius 3 is 2.11 bits per heavy atom. The van der Waals surface area contributed by atoms with Gasteiger partial charge in [-0.2, -0.15) is 11.8 Å². The number of amides is 1. The van der Waals surface area contributed by atoms with Crippen molar-refractivity contribution in [2.45, 2.75) is 54.4 Å². The van der Waals surface area contributed by atoms with E-state index in [0.29, 0.717) is 11.3 Å². The number of carbonyl (C=O) groups is 1. The number of nitrogens with zero attached hydrogens (tertiary/aromatic N) is 1. The molecule has 2 aromatic carbocycles. The molecule has 2 N–H and O–H groups in total. The Kier molecular flexibility index (Phi) is 7.51. The summed E-state index contributed by atoms with van der Waals surface area (Å²) in [4.78, 5) is 12.5. The zero-order chi connectivity index (χ0) is 27.1. The predicted octanol–water partition coefficient (Wildman–Crippen LogP) is 4.26. The van der Waals surface area contributed by atoms with Crippen LogP contribution in [-0.4, -0.2) is 43.1 Å². The highest BCUT2D eigenvalue weighted by molar-refractivity contribution is 8.00. The maximum atomic E-state index is 13.0. The molecule has 1 saturated heterocycles. The van der Waals surface area contributed by atoms with E-state index >= 15 is 0 Å². The van der Waals surface area contributed by atoms with E-state index in [4.69, 9.17) is 5.14 Å². The van der Waals surface area contributed by atoms with Gasteiger partial charge in [-0.25, -0.2) is 26.3 Å². The lowest BCUT2D eigenvalue weighted by Crippen LogP contribution is -2.45. The summed E-state index contributed by atoms with van der Waals surface area (Å²) >= 11 is 1.44. The quantitative estimate of drug-likeness (QED) is 0.506. The Bertz CT molecular complexity index is 1410. The van der Waals surface area contributed by atoms with Crippen molar-refractivity contribution < 1.29 is 21.6 Å². The molecular formula is C27H32N2O5S3. The smallest absolute Gasteiger partial charge is 0.245 e. The summed E-state index contributed by atoms with van der Waals surface area (Å²) in [6, 6.07) is 16.9. The van der Waals surface area contributed by atoms with Crippen molar-refractivity contribution in [3.63, 3.8) is 0 Å². The lowest BCUT2D eigenvalue weighted by Gasteiger charge is -2.30. The minimum Gasteiger partial charge on any atom is -0.274 e. The summed E-state index contributed by atoms with van der Waals surface area (Å²) in [5.74, 6) is 0.357. The van der Waals surface area contributed by atoms with Gasteiger partial charge in [0, 0.05) is 17.4 Å². The number of carbonyl (C=O) groups excluding carboxylic acids is 1. The highest BCUT2D eigenvalue weighted by Crippen LogP contribution is 2.40. The number of thioether (sulfide) groups is 1. The second kappa shape index (κ2) is 10.1. The standard InChI is InChI=1S/C27H32N2O5S3/c1-26(2,3)29-25(30)17-24(36(29,31)32)23-11-9-20(10-12-23)18-35-19-27(37(28,33)34)15-13-22(14-16-27)21-7-5-4-6-8-21/h4-16,22,24H,17-19H2,1-3H3,(H2,28,33,34). The first-order valence-corrected chi connectivity index (χ1v) is 16.1. The third kappa shape index (κ3) is 5.57. The molecule has 7 nitrogen and oxygen atoms in total. The lowest BCUT2D eigenvalue weighted by molar-refractivity contribution is -0.128. The minimum absolute atomic E-state index is 0.0124. The van der Waals surface area contributed by atoms with Crippen molar-refractivity contribution in [2.24, 2.45) is 5.14 Å². The number of allylic oxidation sites excluding steroid dienone is 2. The maximum Gasteiger partial charge on any atom is 0.245 e. The molecule has 4 rings (SSSR count). The van der Waals surface area contributed by atoms with Crippen LogP contribution in [0.3, 0.4) is 0 Å². The summed E-state index contributed by atoms with van der Waals surface area (Å²) in [6.45, 7) is 5.12. The lowest BCUT2D eigenvalue weighted by atomic mass is 9.91. The number of primary sulfonamides is 1. The summed E-state index contributed by atoms with van der Waals surface area (Å²) in [6.07, 6.45) is 7.03. The van der Waals surface area contributed by atoms with Gasteiger partial charge in [-0.15, -0.1) is 0 Å². The van der Waals surface area contributed by atoms with Gasteiger partial charge in [-0.1, -0.05) is 78.9 Å². The van der Waals surface area contributed by atoms with Crippen LogP contribution in [0.5, 0.6) is 0 Å². The van der Waals surface area contributed by atoms with Gasteiger partial charge in [0.05, 0.1) is 12.0 Å². The molecule has 0 radical (unpaired) electrons. The molecule has 10 heteroatoms. The van der Waals surface area contributed by atoms with Gasteiger partial charge in [-0.3, -0.25) is 4.79 Å². The first-order chi connectivity index (χ1) is 17.2. The first-order valence-electron chi connectivity index (χ1n) is 11.9. The molecule has 198 valence electrons. The van der Waals surface area contributed by atoms with Crippen LogP contribution in [0, 0.1) is 0 Å². The van der Waals surface area contributed by atoms with Gasteiger partial charge in [0.15, 0.2) is 0 Å². The van der Waals surface area contributed by atoms with E-state index in [9.17, 15) is 21.6 Å². The second-order valence-corrected chi connectivity index (χ2v) is 15.3. The predicted molar refractivity (Wildman–Crippen MR) is 149 cm³/mol. The summed E-state index contributed by atoms with van der Waals surface area (Å²) in [5, 5.41) is 4.74. The molecule has 37 heavy (non-hydrogen) atoms. The molecule has 0 bridgehead atoms. The van der Waals surface area contributed by atoms with Crippen LogP contribution in [0.25, 0.3) is 0 Å². The van der Waals surface area contributed by atoms with Crippen LogP contribution in [-0.2, 0) is 30.6 Å². The van der Waals surface area contributed by atoms with E-state index in [-0.39, 0.29) is 18.1 Å². The zero-order valence-corrected chi connectivity index (χ0v) is 23.5. The number of hydrogen-bond donors (Lipinski definition) is 1. The molecule has 1 unspecified atom stereocenters. The molecule has 1 fully saturated rings. The van der Waals surface area contributed by atoms with Crippen LogP contribution in [0.15, 0.2) is 78.9 Å². The summed E-state index contributed by atoms with van der Waals surface area (Å²) in [7, 11) is -7.70. The molecular weight excluding hydrogens is 529 g/mol. The Hall–Kier alpha value is -2.40. The molecule has 0 aromatic heterocycles. The monoisotopic (exact) mass is 560 g/mol. The van der Waals surface area contributed by atoms with Crippen molar-refractivity contribution in [2.75, 3.05) is 5.75 Å². The molecule has 2 aromatic rings. The van der Waals surface area contributed by atoms with E-state index < -0.39 is 41.5 Å². The van der Waals surface area contributed by atoms with Crippen molar-refractivity contribution in [3.8, 4) is 0 Å². The Morgan fingerprint density at radius 1 is 1.00 bits per heavy atom. The van der Waals surface area contributed by atoms with E-state index in [0.717, 1.165) is 15.4 Å². The van der Waals surface area contributed by atoms with Gasteiger partial charge in [0.25, 0.3) is 0 Å². The molecule has 2 aliphatic rings. The minimum atomic E-state index is -3.90. The van der Waals surface area contributed by atoms with Gasteiger partial charge >= 0.3 is 0 Å².